The van der Waals surface area contributed by atoms with E-state index in [1.165, 1.54) is 12.8 Å². The van der Waals surface area contributed by atoms with Gasteiger partial charge in [0.05, 0.1) is 18.8 Å². The number of hydrogen-bond donors (Lipinski definition) is 0. The Kier molecular flexibility index (Phi) is 3.34. The van der Waals surface area contributed by atoms with Crippen molar-refractivity contribution in [3.05, 3.63) is 17.5 Å². The van der Waals surface area contributed by atoms with E-state index in [9.17, 15) is 0 Å². The Labute approximate surface area is 113 Å². The summed E-state index contributed by atoms with van der Waals surface area (Å²) in [6.45, 7) is 3.45. The molecule has 1 aliphatic carbocycles. The molecule has 1 aromatic heterocycles. The summed E-state index contributed by atoms with van der Waals surface area (Å²) in [5, 5.41) is 9.03. The Morgan fingerprint density at radius 1 is 1.37 bits per heavy atom. The molecular formula is C14H18N4O. The Hall–Kier alpha value is -1.67. The van der Waals surface area contributed by atoms with E-state index >= 15 is 0 Å². The lowest BCUT2D eigenvalue weighted by molar-refractivity contribution is -0.00933. The first kappa shape index (κ1) is 12.4. The van der Waals surface area contributed by atoms with Crippen molar-refractivity contribution in [3.8, 4) is 6.07 Å². The molecule has 0 aromatic carbocycles. The van der Waals surface area contributed by atoms with E-state index < -0.39 is 0 Å². The van der Waals surface area contributed by atoms with Crippen LogP contribution in [0.3, 0.4) is 0 Å². The smallest absolute Gasteiger partial charge is 0.227 e. The molecule has 1 aromatic rings. The van der Waals surface area contributed by atoms with E-state index in [4.69, 9.17) is 10.00 Å². The first-order valence-corrected chi connectivity index (χ1v) is 6.92. The van der Waals surface area contributed by atoms with Gasteiger partial charge in [-0.05, 0) is 25.8 Å². The molecule has 1 saturated heterocycles. The minimum absolute atomic E-state index is 0.303. The number of ether oxygens (including phenoxy) is 1. The van der Waals surface area contributed by atoms with Gasteiger partial charge in [0.15, 0.2) is 0 Å². The fourth-order valence-corrected chi connectivity index (χ4v) is 3.08. The second-order valence-electron chi connectivity index (χ2n) is 5.26. The molecular weight excluding hydrogens is 240 g/mol. The standard InChI is InChI=1S/C14H18N4O/c1-10-8-11(9-15)17-14(16-10)18-6-7-19-13-5-3-2-4-12(13)18/h8,12-13H,2-7H2,1H3. The number of morpholine rings is 1. The minimum atomic E-state index is 0.303. The lowest BCUT2D eigenvalue weighted by atomic mass is 9.90. The Morgan fingerprint density at radius 3 is 3.05 bits per heavy atom. The molecule has 19 heavy (non-hydrogen) atoms. The molecule has 0 amide bonds. The van der Waals surface area contributed by atoms with Crippen LogP contribution in [-0.4, -0.2) is 35.3 Å². The quantitative estimate of drug-likeness (QED) is 0.768. The van der Waals surface area contributed by atoms with Crippen molar-refractivity contribution in [3.63, 3.8) is 0 Å². The zero-order valence-electron chi connectivity index (χ0n) is 11.2. The summed E-state index contributed by atoms with van der Waals surface area (Å²) in [7, 11) is 0. The van der Waals surface area contributed by atoms with Crippen molar-refractivity contribution in [1.29, 1.82) is 5.26 Å². The Balaban J connectivity index is 1.91. The first-order valence-electron chi connectivity index (χ1n) is 6.92. The van der Waals surface area contributed by atoms with Gasteiger partial charge in [0.25, 0.3) is 0 Å². The summed E-state index contributed by atoms with van der Waals surface area (Å²) in [5.74, 6) is 0.691. The van der Waals surface area contributed by atoms with Crippen LogP contribution in [0.2, 0.25) is 0 Å². The number of rotatable bonds is 1. The van der Waals surface area contributed by atoms with Crippen molar-refractivity contribution >= 4 is 5.95 Å². The van der Waals surface area contributed by atoms with Crippen molar-refractivity contribution in [1.82, 2.24) is 9.97 Å². The van der Waals surface area contributed by atoms with Crippen LogP contribution >= 0.6 is 0 Å². The maximum absolute atomic E-state index is 9.03. The minimum Gasteiger partial charge on any atom is -0.374 e. The van der Waals surface area contributed by atoms with Gasteiger partial charge in [-0.25, -0.2) is 9.97 Å². The average molecular weight is 258 g/mol. The monoisotopic (exact) mass is 258 g/mol. The highest BCUT2D eigenvalue weighted by molar-refractivity contribution is 5.38. The predicted molar refractivity (Wildman–Crippen MR) is 70.8 cm³/mol. The fraction of sp³-hybridized carbons (Fsp3) is 0.643. The van der Waals surface area contributed by atoms with Gasteiger partial charge in [0, 0.05) is 12.2 Å². The lowest BCUT2D eigenvalue weighted by Crippen LogP contribution is -2.53. The molecule has 1 aliphatic heterocycles. The predicted octanol–water partition coefficient (Wildman–Crippen LogP) is 1.80. The molecule has 2 fully saturated rings. The van der Waals surface area contributed by atoms with E-state index in [1.54, 1.807) is 6.07 Å². The number of nitrogens with zero attached hydrogens (tertiary/aromatic N) is 4. The number of hydrogen-bond acceptors (Lipinski definition) is 5. The van der Waals surface area contributed by atoms with Gasteiger partial charge < -0.3 is 9.64 Å². The molecule has 0 bridgehead atoms. The largest absolute Gasteiger partial charge is 0.374 e. The Morgan fingerprint density at radius 2 is 2.21 bits per heavy atom. The van der Waals surface area contributed by atoms with Gasteiger partial charge in [-0.15, -0.1) is 0 Å². The average Bonchev–Trinajstić information content (AvgIpc) is 2.46. The van der Waals surface area contributed by atoms with Gasteiger partial charge in [-0.2, -0.15) is 5.26 Å². The van der Waals surface area contributed by atoms with Gasteiger partial charge >= 0.3 is 0 Å². The normalized spacial score (nSPS) is 26.6. The second kappa shape index (κ2) is 5.14. The topological polar surface area (TPSA) is 62.0 Å². The van der Waals surface area contributed by atoms with E-state index in [0.717, 1.165) is 31.7 Å². The summed E-state index contributed by atoms with van der Waals surface area (Å²) >= 11 is 0. The molecule has 2 unspecified atom stereocenters. The summed E-state index contributed by atoms with van der Waals surface area (Å²) in [5.41, 5.74) is 1.29. The van der Waals surface area contributed by atoms with Crippen LogP contribution in [0.4, 0.5) is 5.95 Å². The van der Waals surface area contributed by atoms with Crippen molar-refractivity contribution < 1.29 is 4.74 Å². The zero-order valence-corrected chi connectivity index (χ0v) is 11.2. The van der Waals surface area contributed by atoms with Gasteiger partial charge in [0.2, 0.25) is 5.95 Å². The SMILES string of the molecule is Cc1cc(C#N)nc(N2CCOC3CCCCC32)n1. The second-order valence-corrected chi connectivity index (χ2v) is 5.26. The van der Waals surface area contributed by atoms with Crippen LogP contribution in [0.5, 0.6) is 0 Å². The van der Waals surface area contributed by atoms with E-state index in [0.29, 0.717) is 23.8 Å². The zero-order chi connectivity index (χ0) is 13.2. The lowest BCUT2D eigenvalue weighted by Gasteiger charge is -2.43. The van der Waals surface area contributed by atoms with Crippen molar-refractivity contribution in [2.75, 3.05) is 18.1 Å². The highest BCUT2D eigenvalue weighted by Crippen LogP contribution is 2.30. The van der Waals surface area contributed by atoms with Crippen LogP contribution in [0.25, 0.3) is 0 Å². The molecule has 100 valence electrons. The summed E-state index contributed by atoms with van der Waals surface area (Å²) in [4.78, 5) is 11.1. The molecule has 0 spiro atoms. The molecule has 5 heteroatoms. The van der Waals surface area contributed by atoms with Gasteiger partial charge in [-0.1, -0.05) is 12.8 Å². The number of fused-ring (bicyclic) bond motifs is 1. The summed E-state index contributed by atoms with van der Waals surface area (Å²) in [6.07, 6.45) is 5.03. The van der Waals surface area contributed by atoms with E-state index in [-0.39, 0.29) is 0 Å². The molecule has 0 radical (unpaired) electrons. The highest BCUT2D eigenvalue weighted by atomic mass is 16.5. The Bertz CT molecular complexity index is 509. The number of anilines is 1. The van der Waals surface area contributed by atoms with Crippen LogP contribution in [-0.2, 0) is 4.74 Å². The van der Waals surface area contributed by atoms with Crippen molar-refractivity contribution in [2.24, 2.45) is 0 Å². The summed E-state index contributed by atoms with van der Waals surface area (Å²) < 4.78 is 5.86. The number of aromatic nitrogens is 2. The molecule has 3 rings (SSSR count). The van der Waals surface area contributed by atoms with Crippen LogP contribution in [0, 0.1) is 18.3 Å². The third-order valence-corrected chi connectivity index (χ3v) is 3.95. The van der Waals surface area contributed by atoms with Crippen molar-refractivity contribution in [2.45, 2.75) is 44.8 Å². The maximum Gasteiger partial charge on any atom is 0.227 e. The number of nitriles is 1. The number of aryl methyl sites for hydroxylation is 1. The molecule has 2 aliphatic rings. The summed E-state index contributed by atoms with van der Waals surface area (Å²) in [6, 6.07) is 4.21. The van der Waals surface area contributed by atoms with Crippen LogP contribution < -0.4 is 4.90 Å². The molecule has 0 N–H and O–H groups in total. The first-order chi connectivity index (χ1) is 9.28. The van der Waals surface area contributed by atoms with E-state index in [1.807, 2.05) is 6.92 Å². The molecule has 2 heterocycles. The van der Waals surface area contributed by atoms with Crippen LogP contribution in [0.1, 0.15) is 37.1 Å². The molecule has 1 saturated carbocycles. The maximum atomic E-state index is 9.03. The van der Waals surface area contributed by atoms with Crippen LogP contribution in [0.15, 0.2) is 6.07 Å². The molecule has 5 nitrogen and oxygen atoms in total. The van der Waals surface area contributed by atoms with E-state index in [2.05, 4.69) is 20.9 Å². The fourth-order valence-electron chi connectivity index (χ4n) is 3.08. The van der Waals surface area contributed by atoms with Gasteiger partial charge in [-0.3, -0.25) is 0 Å². The third kappa shape index (κ3) is 2.41. The third-order valence-electron chi connectivity index (χ3n) is 3.95. The van der Waals surface area contributed by atoms with Gasteiger partial charge in [0.1, 0.15) is 11.8 Å². The highest BCUT2D eigenvalue weighted by Gasteiger charge is 2.35. The molecule has 2 atom stereocenters.